The van der Waals surface area contributed by atoms with Crippen molar-refractivity contribution in [2.24, 2.45) is 5.41 Å². The lowest BCUT2D eigenvalue weighted by atomic mass is 9.91. The van der Waals surface area contributed by atoms with Gasteiger partial charge in [-0.2, -0.15) is 0 Å². The van der Waals surface area contributed by atoms with Gasteiger partial charge in [0.25, 0.3) is 5.56 Å². The minimum atomic E-state index is -0.147. The number of hydrogen-bond donors (Lipinski definition) is 1. The highest BCUT2D eigenvalue weighted by atomic mass is 16.5. The first-order valence-corrected chi connectivity index (χ1v) is 9.27. The van der Waals surface area contributed by atoms with Crippen molar-refractivity contribution < 1.29 is 9.53 Å². The lowest BCUT2D eigenvalue weighted by Crippen LogP contribution is -2.41. The van der Waals surface area contributed by atoms with Crippen molar-refractivity contribution in [2.45, 2.75) is 46.6 Å². The number of nitrogens with zero attached hydrogens (tertiary/aromatic N) is 2. The Labute approximate surface area is 159 Å². The molecule has 1 aliphatic heterocycles. The average Bonchev–Trinajstić information content (AvgIpc) is 2.60. The van der Waals surface area contributed by atoms with Crippen molar-refractivity contribution in [3.05, 3.63) is 57.3 Å². The van der Waals surface area contributed by atoms with Crippen LogP contribution in [0.25, 0.3) is 0 Å². The van der Waals surface area contributed by atoms with E-state index in [1.54, 1.807) is 12.0 Å². The number of ether oxygens (including phenoxy) is 1. The van der Waals surface area contributed by atoms with Gasteiger partial charge in [-0.1, -0.05) is 32.9 Å². The number of methoxy groups -OCH3 is 1. The van der Waals surface area contributed by atoms with Crippen LogP contribution in [0.15, 0.2) is 29.1 Å². The summed E-state index contributed by atoms with van der Waals surface area (Å²) in [6.45, 7) is 7.08. The maximum atomic E-state index is 12.6. The molecule has 1 N–H and O–H groups in total. The lowest BCUT2D eigenvalue weighted by molar-refractivity contribution is -0.134. The number of nitrogens with one attached hydrogen (secondary N) is 1. The monoisotopic (exact) mass is 369 g/mol. The summed E-state index contributed by atoms with van der Waals surface area (Å²) in [6, 6.07) is 7.72. The Morgan fingerprint density at radius 3 is 2.81 bits per heavy atom. The molecule has 0 saturated heterocycles. The van der Waals surface area contributed by atoms with Gasteiger partial charge in [0.2, 0.25) is 5.91 Å². The van der Waals surface area contributed by atoms with Crippen LogP contribution in [0.5, 0.6) is 5.75 Å². The molecular formula is C21H27N3O3. The van der Waals surface area contributed by atoms with Crippen LogP contribution < -0.4 is 10.3 Å². The fourth-order valence-electron chi connectivity index (χ4n) is 3.31. The number of aromatic nitrogens is 2. The van der Waals surface area contributed by atoms with E-state index in [0.717, 1.165) is 17.0 Å². The standard InChI is InChI=1S/C21H27N3O3/c1-21(2,3)12-19(25)24-9-8-17-16(13-24)20(26)23-18(22-17)11-14-6-5-7-15(10-14)27-4/h5-7,10H,8-9,11-13H2,1-4H3,(H,22,23,26). The first-order chi connectivity index (χ1) is 12.7. The summed E-state index contributed by atoms with van der Waals surface area (Å²) in [4.78, 5) is 34.4. The lowest BCUT2D eigenvalue weighted by Gasteiger charge is -2.30. The third-order valence-corrected chi connectivity index (χ3v) is 4.66. The van der Waals surface area contributed by atoms with Gasteiger partial charge in [-0.3, -0.25) is 9.59 Å². The third-order valence-electron chi connectivity index (χ3n) is 4.66. The van der Waals surface area contributed by atoms with E-state index in [1.165, 1.54) is 0 Å². The van der Waals surface area contributed by atoms with E-state index >= 15 is 0 Å². The molecule has 0 radical (unpaired) electrons. The molecule has 0 aliphatic carbocycles. The van der Waals surface area contributed by atoms with Gasteiger partial charge in [0.1, 0.15) is 11.6 Å². The van der Waals surface area contributed by atoms with Gasteiger partial charge in [-0.25, -0.2) is 4.98 Å². The van der Waals surface area contributed by atoms with Crippen LogP contribution in [0.4, 0.5) is 0 Å². The van der Waals surface area contributed by atoms with E-state index in [0.29, 0.717) is 43.7 Å². The second-order valence-electron chi connectivity index (χ2n) is 8.27. The van der Waals surface area contributed by atoms with Crippen LogP contribution >= 0.6 is 0 Å². The second-order valence-corrected chi connectivity index (χ2v) is 8.27. The first kappa shape index (κ1) is 19.1. The fraction of sp³-hybridized carbons (Fsp3) is 0.476. The number of benzene rings is 1. The molecule has 0 saturated carbocycles. The maximum absolute atomic E-state index is 12.6. The molecule has 6 heteroatoms. The third kappa shape index (κ3) is 4.76. The van der Waals surface area contributed by atoms with Crippen molar-refractivity contribution >= 4 is 5.91 Å². The second kappa shape index (κ2) is 7.55. The Morgan fingerprint density at radius 2 is 2.11 bits per heavy atom. The molecule has 0 spiro atoms. The molecule has 1 aromatic heterocycles. The van der Waals surface area contributed by atoms with Crippen molar-refractivity contribution in [1.82, 2.24) is 14.9 Å². The van der Waals surface area contributed by atoms with Crippen LogP contribution in [-0.2, 0) is 24.2 Å². The van der Waals surface area contributed by atoms with Gasteiger partial charge in [0.15, 0.2) is 0 Å². The molecule has 2 heterocycles. The summed E-state index contributed by atoms with van der Waals surface area (Å²) in [5.41, 5.74) is 2.22. The predicted molar refractivity (Wildman–Crippen MR) is 104 cm³/mol. The predicted octanol–water partition coefficient (Wildman–Crippen LogP) is 2.69. The Hall–Kier alpha value is -2.63. The van der Waals surface area contributed by atoms with Crippen molar-refractivity contribution in [3.8, 4) is 5.75 Å². The molecule has 0 fully saturated rings. The quantitative estimate of drug-likeness (QED) is 0.899. The van der Waals surface area contributed by atoms with E-state index in [-0.39, 0.29) is 16.9 Å². The van der Waals surface area contributed by atoms with Crippen molar-refractivity contribution in [1.29, 1.82) is 0 Å². The SMILES string of the molecule is COc1cccc(Cc2nc3c(c(=O)[nH]2)CN(C(=O)CC(C)(C)C)CC3)c1. The Kier molecular flexibility index (Phi) is 5.35. The molecule has 144 valence electrons. The zero-order valence-electron chi connectivity index (χ0n) is 16.5. The number of amides is 1. The molecule has 0 bridgehead atoms. The van der Waals surface area contributed by atoms with Gasteiger partial charge < -0.3 is 14.6 Å². The van der Waals surface area contributed by atoms with E-state index in [1.807, 2.05) is 45.0 Å². The molecule has 1 aliphatic rings. The summed E-state index contributed by atoms with van der Waals surface area (Å²) in [7, 11) is 1.63. The molecule has 1 aromatic carbocycles. The molecule has 6 nitrogen and oxygen atoms in total. The average molecular weight is 369 g/mol. The number of carbonyl (C=O) groups excluding carboxylic acids is 1. The number of hydrogen-bond acceptors (Lipinski definition) is 4. The minimum absolute atomic E-state index is 0.0668. The number of aromatic amines is 1. The Balaban J connectivity index is 1.78. The van der Waals surface area contributed by atoms with Gasteiger partial charge in [0.05, 0.1) is 24.9 Å². The summed E-state index contributed by atoms with van der Waals surface area (Å²) in [5.74, 6) is 1.51. The van der Waals surface area contributed by atoms with Crippen LogP contribution in [0.3, 0.4) is 0 Å². The molecule has 0 atom stereocenters. The largest absolute Gasteiger partial charge is 0.497 e. The van der Waals surface area contributed by atoms with E-state index in [9.17, 15) is 9.59 Å². The minimum Gasteiger partial charge on any atom is -0.497 e. The van der Waals surface area contributed by atoms with Gasteiger partial charge in [-0.15, -0.1) is 0 Å². The molecule has 0 unspecified atom stereocenters. The Morgan fingerprint density at radius 1 is 1.33 bits per heavy atom. The van der Waals surface area contributed by atoms with E-state index < -0.39 is 0 Å². The summed E-state index contributed by atoms with van der Waals surface area (Å²) < 4.78 is 5.25. The van der Waals surface area contributed by atoms with Crippen LogP contribution in [0.1, 0.15) is 49.8 Å². The maximum Gasteiger partial charge on any atom is 0.256 e. The van der Waals surface area contributed by atoms with E-state index in [4.69, 9.17) is 4.74 Å². The highest BCUT2D eigenvalue weighted by Crippen LogP contribution is 2.23. The summed E-state index contributed by atoms with van der Waals surface area (Å²) >= 11 is 0. The van der Waals surface area contributed by atoms with Crippen molar-refractivity contribution in [2.75, 3.05) is 13.7 Å². The summed E-state index contributed by atoms with van der Waals surface area (Å²) in [6.07, 6.45) is 1.62. The fourth-order valence-corrected chi connectivity index (χ4v) is 3.31. The smallest absolute Gasteiger partial charge is 0.256 e. The molecule has 1 amide bonds. The van der Waals surface area contributed by atoms with Crippen LogP contribution in [0.2, 0.25) is 0 Å². The van der Waals surface area contributed by atoms with Crippen LogP contribution in [-0.4, -0.2) is 34.4 Å². The molecule has 2 aromatic rings. The van der Waals surface area contributed by atoms with Gasteiger partial charge >= 0.3 is 0 Å². The molecule has 27 heavy (non-hydrogen) atoms. The van der Waals surface area contributed by atoms with Gasteiger partial charge in [0, 0.05) is 25.8 Å². The number of fused-ring (bicyclic) bond motifs is 1. The molecule has 3 rings (SSSR count). The topological polar surface area (TPSA) is 75.3 Å². The number of H-pyrrole nitrogens is 1. The zero-order valence-corrected chi connectivity index (χ0v) is 16.5. The highest BCUT2D eigenvalue weighted by Gasteiger charge is 2.27. The van der Waals surface area contributed by atoms with Gasteiger partial charge in [-0.05, 0) is 23.1 Å². The number of carbonyl (C=O) groups is 1. The zero-order chi connectivity index (χ0) is 19.6. The number of rotatable bonds is 4. The van der Waals surface area contributed by atoms with Crippen LogP contribution in [0, 0.1) is 5.41 Å². The van der Waals surface area contributed by atoms with E-state index in [2.05, 4.69) is 9.97 Å². The molecular weight excluding hydrogens is 342 g/mol. The normalized spacial score (nSPS) is 14.0. The Bertz CT molecular complexity index is 896. The highest BCUT2D eigenvalue weighted by molar-refractivity contribution is 5.77. The first-order valence-electron chi connectivity index (χ1n) is 9.27. The summed E-state index contributed by atoms with van der Waals surface area (Å²) in [5, 5.41) is 0. The van der Waals surface area contributed by atoms with Crippen molar-refractivity contribution in [3.63, 3.8) is 0 Å².